The van der Waals surface area contributed by atoms with Crippen LogP contribution in [0.3, 0.4) is 0 Å². The van der Waals surface area contributed by atoms with Gasteiger partial charge in [-0.2, -0.15) is 5.21 Å². The molecular weight excluding hydrogens is 328 g/mol. The average Bonchev–Trinajstić information content (AvgIpc) is 3.23. The van der Waals surface area contributed by atoms with Gasteiger partial charge in [0, 0.05) is 16.8 Å². The first-order valence-electron chi connectivity index (χ1n) is 8.74. The molecule has 1 aliphatic heterocycles. The Kier molecular flexibility index (Phi) is 4.45. The Labute approximate surface area is 151 Å². The van der Waals surface area contributed by atoms with Gasteiger partial charge < -0.3 is 11.1 Å². The summed E-state index contributed by atoms with van der Waals surface area (Å²) in [5, 5.41) is 17.3. The van der Waals surface area contributed by atoms with Crippen molar-refractivity contribution in [3.8, 4) is 22.5 Å². The van der Waals surface area contributed by atoms with Crippen LogP contribution in [-0.4, -0.2) is 39.0 Å². The zero-order chi connectivity index (χ0) is 17.9. The number of ketones is 1. The van der Waals surface area contributed by atoms with Crippen molar-refractivity contribution in [1.29, 1.82) is 0 Å². The molecule has 132 valence electrons. The van der Waals surface area contributed by atoms with Crippen LogP contribution in [0.25, 0.3) is 22.5 Å². The summed E-state index contributed by atoms with van der Waals surface area (Å²) in [4.78, 5) is 12.6. The standard InChI is InChI=1S/C19H20N6O/c20-16-9-8-14(11-15(16)19-22-24-25-23-19)12-4-6-13(7-5-12)18(26)17-3-1-2-10-21-17/h4-9,11,17,21H,1-3,10,20H2,(H,22,23,24,25). The van der Waals surface area contributed by atoms with Gasteiger partial charge in [-0.05, 0) is 47.9 Å². The number of piperidine rings is 1. The lowest BCUT2D eigenvalue weighted by atomic mass is 9.94. The molecule has 1 saturated heterocycles. The number of carbonyl (C=O) groups excluding carboxylic acids is 1. The number of nitrogen functional groups attached to an aromatic ring is 1. The number of aromatic amines is 1. The highest BCUT2D eigenvalue weighted by Crippen LogP contribution is 2.29. The number of hydrogen-bond donors (Lipinski definition) is 3. The van der Waals surface area contributed by atoms with Crippen LogP contribution in [0.1, 0.15) is 29.6 Å². The highest BCUT2D eigenvalue weighted by Gasteiger charge is 2.21. The summed E-state index contributed by atoms with van der Waals surface area (Å²) in [6.07, 6.45) is 3.15. The van der Waals surface area contributed by atoms with Gasteiger partial charge in [-0.25, -0.2) is 0 Å². The quantitative estimate of drug-likeness (QED) is 0.493. The topological polar surface area (TPSA) is 110 Å². The van der Waals surface area contributed by atoms with E-state index in [-0.39, 0.29) is 11.8 Å². The van der Waals surface area contributed by atoms with Gasteiger partial charge in [-0.3, -0.25) is 4.79 Å². The molecule has 0 spiro atoms. The number of H-pyrrole nitrogens is 1. The van der Waals surface area contributed by atoms with Crippen molar-refractivity contribution in [2.45, 2.75) is 25.3 Å². The minimum absolute atomic E-state index is 0.0593. The minimum Gasteiger partial charge on any atom is -0.398 e. The maximum atomic E-state index is 12.6. The van der Waals surface area contributed by atoms with Crippen molar-refractivity contribution < 1.29 is 4.79 Å². The molecule has 2 aromatic carbocycles. The Bertz CT molecular complexity index is 898. The van der Waals surface area contributed by atoms with Crippen molar-refractivity contribution in [2.24, 2.45) is 0 Å². The molecule has 4 N–H and O–H groups in total. The first-order chi connectivity index (χ1) is 12.7. The molecule has 7 heteroatoms. The number of hydrogen-bond acceptors (Lipinski definition) is 6. The second kappa shape index (κ2) is 7.05. The van der Waals surface area contributed by atoms with Crippen LogP contribution in [0, 0.1) is 0 Å². The highest BCUT2D eigenvalue weighted by molar-refractivity contribution is 6.00. The number of aromatic nitrogens is 4. The third kappa shape index (κ3) is 3.21. The Morgan fingerprint density at radius 1 is 1.08 bits per heavy atom. The number of rotatable bonds is 4. The largest absolute Gasteiger partial charge is 0.398 e. The smallest absolute Gasteiger partial charge is 0.206 e. The molecule has 26 heavy (non-hydrogen) atoms. The van der Waals surface area contributed by atoms with Crippen molar-refractivity contribution >= 4 is 11.5 Å². The monoisotopic (exact) mass is 348 g/mol. The average molecular weight is 348 g/mol. The van der Waals surface area contributed by atoms with Gasteiger partial charge in [0.25, 0.3) is 0 Å². The molecule has 0 aliphatic carbocycles. The fourth-order valence-electron chi connectivity index (χ4n) is 3.31. The van der Waals surface area contributed by atoms with E-state index in [1.54, 1.807) is 0 Å². The zero-order valence-corrected chi connectivity index (χ0v) is 14.3. The van der Waals surface area contributed by atoms with Crippen LogP contribution < -0.4 is 11.1 Å². The number of nitrogens with two attached hydrogens (primary N) is 1. The summed E-state index contributed by atoms with van der Waals surface area (Å²) in [5.74, 6) is 0.626. The van der Waals surface area contributed by atoms with Crippen LogP contribution in [0.15, 0.2) is 42.5 Å². The number of nitrogens with one attached hydrogen (secondary N) is 2. The predicted octanol–water partition coefficient (Wildman–Crippen LogP) is 2.44. The molecule has 1 unspecified atom stereocenters. The first-order valence-corrected chi connectivity index (χ1v) is 8.74. The van der Waals surface area contributed by atoms with Crippen LogP contribution >= 0.6 is 0 Å². The number of tetrazole rings is 1. The molecule has 1 aliphatic rings. The summed E-state index contributed by atoms with van der Waals surface area (Å²) in [6.45, 7) is 0.915. The second-order valence-electron chi connectivity index (χ2n) is 6.48. The molecule has 0 amide bonds. The lowest BCUT2D eigenvalue weighted by molar-refractivity contribution is 0.0927. The molecule has 4 rings (SSSR count). The summed E-state index contributed by atoms with van der Waals surface area (Å²) < 4.78 is 0. The van der Waals surface area contributed by atoms with E-state index in [2.05, 4.69) is 25.9 Å². The maximum absolute atomic E-state index is 12.6. The number of Topliss-reactive ketones (excluding diaryl/α,β-unsaturated/α-hetero) is 1. The fraction of sp³-hybridized carbons (Fsp3) is 0.263. The molecule has 1 fully saturated rings. The van der Waals surface area contributed by atoms with Crippen LogP contribution in [0.4, 0.5) is 5.69 Å². The van der Waals surface area contributed by atoms with Gasteiger partial charge in [0.1, 0.15) is 0 Å². The molecule has 0 radical (unpaired) electrons. The van der Waals surface area contributed by atoms with Gasteiger partial charge in [-0.15, -0.1) is 10.2 Å². The minimum atomic E-state index is -0.0593. The SMILES string of the molecule is Nc1ccc(-c2ccc(C(=O)C3CCCCN3)cc2)cc1-c1nn[nH]n1. The van der Waals surface area contributed by atoms with Gasteiger partial charge in [0.15, 0.2) is 5.78 Å². The fourth-order valence-corrected chi connectivity index (χ4v) is 3.31. The van der Waals surface area contributed by atoms with Crippen molar-refractivity contribution in [1.82, 2.24) is 25.9 Å². The Morgan fingerprint density at radius 2 is 1.88 bits per heavy atom. The Morgan fingerprint density at radius 3 is 2.58 bits per heavy atom. The molecule has 1 aromatic heterocycles. The molecule has 7 nitrogen and oxygen atoms in total. The van der Waals surface area contributed by atoms with Gasteiger partial charge in [-0.1, -0.05) is 36.8 Å². The predicted molar refractivity (Wildman–Crippen MR) is 99.4 cm³/mol. The van der Waals surface area contributed by atoms with Crippen molar-refractivity contribution in [2.75, 3.05) is 12.3 Å². The molecule has 3 aromatic rings. The van der Waals surface area contributed by atoms with E-state index in [9.17, 15) is 4.79 Å². The second-order valence-corrected chi connectivity index (χ2v) is 6.48. The van der Waals surface area contributed by atoms with E-state index in [1.807, 2.05) is 42.5 Å². The van der Waals surface area contributed by atoms with E-state index >= 15 is 0 Å². The number of carbonyl (C=O) groups is 1. The number of anilines is 1. The molecule has 1 atom stereocenters. The number of benzene rings is 2. The Balaban J connectivity index is 1.59. The van der Waals surface area contributed by atoms with Crippen molar-refractivity contribution in [3.63, 3.8) is 0 Å². The summed E-state index contributed by atoms with van der Waals surface area (Å²) in [7, 11) is 0. The third-order valence-corrected chi connectivity index (χ3v) is 4.77. The summed E-state index contributed by atoms with van der Waals surface area (Å²) in [6, 6.07) is 13.3. The third-order valence-electron chi connectivity index (χ3n) is 4.77. The van der Waals surface area contributed by atoms with E-state index in [1.165, 1.54) is 0 Å². The Hall–Kier alpha value is -3.06. The van der Waals surface area contributed by atoms with Gasteiger partial charge in [0.05, 0.1) is 6.04 Å². The molecule has 0 bridgehead atoms. The lowest BCUT2D eigenvalue weighted by Gasteiger charge is -2.22. The van der Waals surface area contributed by atoms with E-state index in [0.717, 1.165) is 48.1 Å². The van der Waals surface area contributed by atoms with E-state index < -0.39 is 0 Å². The molecular formula is C19H20N6O. The van der Waals surface area contributed by atoms with Crippen LogP contribution in [0.2, 0.25) is 0 Å². The maximum Gasteiger partial charge on any atom is 0.206 e. The van der Waals surface area contributed by atoms with E-state index in [4.69, 9.17) is 5.73 Å². The van der Waals surface area contributed by atoms with Crippen LogP contribution in [0.5, 0.6) is 0 Å². The summed E-state index contributed by atoms with van der Waals surface area (Å²) in [5.41, 5.74) is 10.1. The van der Waals surface area contributed by atoms with Gasteiger partial charge >= 0.3 is 0 Å². The highest BCUT2D eigenvalue weighted by atomic mass is 16.1. The van der Waals surface area contributed by atoms with E-state index in [0.29, 0.717) is 11.5 Å². The lowest BCUT2D eigenvalue weighted by Crippen LogP contribution is -2.40. The molecule has 2 heterocycles. The van der Waals surface area contributed by atoms with Crippen molar-refractivity contribution in [3.05, 3.63) is 48.0 Å². The normalized spacial score (nSPS) is 17.2. The summed E-state index contributed by atoms with van der Waals surface area (Å²) >= 11 is 0. The first kappa shape index (κ1) is 16.4. The molecule has 0 saturated carbocycles. The zero-order valence-electron chi connectivity index (χ0n) is 14.3. The van der Waals surface area contributed by atoms with Gasteiger partial charge in [0.2, 0.25) is 5.82 Å². The van der Waals surface area contributed by atoms with Crippen LogP contribution in [-0.2, 0) is 0 Å². The number of nitrogens with zero attached hydrogens (tertiary/aromatic N) is 3.